The van der Waals surface area contributed by atoms with Gasteiger partial charge in [0.25, 0.3) is 0 Å². The Bertz CT molecular complexity index is 1390. The van der Waals surface area contributed by atoms with E-state index in [1.165, 1.54) is 308 Å². The van der Waals surface area contributed by atoms with E-state index in [0.29, 0.717) is 12.8 Å². The Morgan fingerprint density at radius 1 is 0.293 bits per heavy atom. The third-order valence-corrected chi connectivity index (χ3v) is 16.8. The van der Waals surface area contributed by atoms with E-state index in [0.717, 1.165) is 64.2 Å². The molecule has 0 aliphatic rings. The molecule has 5 nitrogen and oxygen atoms in total. The van der Waals surface area contributed by atoms with Gasteiger partial charge in [-0.2, -0.15) is 0 Å². The monoisotopic (exact) mass is 1150 g/mol. The largest absolute Gasteiger partial charge is 0.462 e. The van der Waals surface area contributed by atoms with Gasteiger partial charge in [0, 0.05) is 12.8 Å². The number of aliphatic hydroxyl groups is 1. The van der Waals surface area contributed by atoms with E-state index in [4.69, 9.17) is 9.47 Å². The Labute approximate surface area is 512 Å². The highest BCUT2D eigenvalue weighted by molar-refractivity contribution is 5.70. The number of allylic oxidation sites excluding steroid dienone is 10. The molecule has 480 valence electrons. The van der Waals surface area contributed by atoms with E-state index < -0.39 is 6.10 Å². The van der Waals surface area contributed by atoms with E-state index in [2.05, 4.69) is 74.6 Å². The molecule has 0 aliphatic heterocycles. The summed E-state index contributed by atoms with van der Waals surface area (Å²) in [6.45, 7) is 4.09. The van der Waals surface area contributed by atoms with E-state index in [9.17, 15) is 14.7 Å². The third-order valence-electron chi connectivity index (χ3n) is 16.8. The molecule has 0 aliphatic carbocycles. The Morgan fingerprint density at radius 2 is 0.524 bits per heavy atom. The number of esters is 2. The number of carbonyl (C=O) groups is 2. The highest BCUT2D eigenvalue weighted by atomic mass is 16.6. The molecule has 0 saturated carbocycles. The zero-order valence-electron chi connectivity index (χ0n) is 55.3. The zero-order chi connectivity index (χ0) is 59.1. The SMILES string of the molecule is CC/C=C\C/C=C\C/C=C\C/C=C\C/C=C\CCCCCCCCCCCCCCCCCCCCCCCCCCCC(=O)OC(CO)COC(=O)CCCCCCCCCCCCCCCCCCCCCCCCCCCCC. The molecular formula is C77H142O5. The number of carbonyl (C=O) groups excluding carboxylic acids is 2. The van der Waals surface area contributed by atoms with Crippen molar-refractivity contribution < 1.29 is 24.2 Å². The lowest BCUT2D eigenvalue weighted by Gasteiger charge is -2.15. The number of hydrogen-bond acceptors (Lipinski definition) is 5. The quantitative estimate of drug-likeness (QED) is 0.0373. The first kappa shape index (κ1) is 79.6. The summed E-state index contributed by atoms with van der Waals surface area (Å²) in [6.07, 6.45) is 100.0. The summed E-state index contributed by atoms with van der Waals surface area (Å²) in [7, 11) is 0. The summed E-state index contributed by atoms with van der Waals surface area (Å²) in [5.41, 5.74) is 0. The molecule has 1 atom stereocenters. The van der Waals surface area contributed by atoms with Crippen LogP contribution in [0, 0.1) is 0 Å². The van der Waals surface area contributed by atoms with Gasteiger partial charge in [0.05, 0.1) is 6.61 Å². The molecule has 1 N–H and O–H groups in total. The Morgan fingerprint density at radius 3 is 0.793 bits per heavy atom. The van der Waals surface area contributed by atoms with Crippen LogP contribution in [0.25, 0.3) is 0 Å². The smallest absolute Gasteiger partial charge is 0.306 e. The third kappa shape index (κ3) is 70.1. The lowest BCUT2D eigenvalue weighted by Crippen LogP contribution is -2.28. The van der Waals surface area contributed by atoms with Crippen LogP contribution in [0.4, 0.5) is 0 Å². The second-order valence-electron chi connectivity index (χ2n) is 25.0. The van der Waals surface area contributed by atoms with E-state index in [1.54, 1.807) is 0 Å². The molecule has 0 aromatic carbocycles. The first-order valence-corrected chi connectivity index (χ1v) is 36.8. The molecule has 0 aromatic heterocycles. The van der Waals surface area contributed by atoms with Gasteiger partial charge >= 0.3 is 11.9 Å². The molecule has 0 rings (SSSR count). The Kier molecular flexibility index (Phi) is 70.7. The van der Waals surface area contributed by atoms with Crippen LogP contribution in [0.2, 0.25) is 0 Å². The normalized spacial score (nSPS) is 12.5. The summed E-state index contributed by atoms with van der Waals surface area (Å²) in [5.74, 6) is -0.564. The first-order chi connectivity index (χ1) is 40.6. The second-order valence-corrected chi connectivity index (χ2v) is 25.0. The predicted octanol–water partition coefficient (Wildman–Crippen LogP) is 25.7. The topological polar surface area (TPSA) is 72.8 Å². The van der Waals surface area contributed by atoms with Crippen LogP contribution in [-0.2, 0) is 19.1 Å². The molecule has 1 unspecified atom stereocenters. The highest BCUT2D eigenvalue weighted by Crippen LogP contribution is 2.19. The molecule has 0 spiro atoms. The number of rotatable bonds is 69. The molecular weight excluding hydrogens is 1000 g/mol. The highest BCUT2D eigenvalue weighted by Gasteiger charge is 2.16. The van der Waals surface area contributed by atoms with Gasteiger partial charge in [-0.25, -0.2) is 0 Å². The number of hydrogen-bond donors (Lipinski definition) is 1. The zero-order valence-corrected chi connectivity index (χ0v) is 55.3. The van der Waals surface area contributed by atoms with Crippen molar-refractivity contribution in [3.63, 3.8) is 0 Å². The fraction of sp³-hybridized carbons (Fsp3) is 0.844. The van der Waals surface area contributed by atoms with Crippen LogP contribution in [-0.4, -0.2) is 36.4 Å². The van der Waals surface area contributed by atoms with Crippen molar-refractivity contribution >= 4 is 11.9 Å². The maximum absolute atomic E-state index is 12.4. The molecule has 82 heavy (non-hydrogen) atoms. The second kappa shape index (κ2) is 72.9. The van der Waals surface area contributed by atoms with Gasteiger partial charge in [-0.3, -0.25) is 9.59 Å². The van der Waals surface area contributed by atoms with Crippen LogP contribution in [0.5, 0.6) is 0 Å². The minimum Gasteiger partial charge on any atom is -0.462 e. The van der Waals surface area contributed by atoms with Crippen molar-refractivity contribution in [2.45, 2.75) is 405 Å². The van der Waals surface area contributed by atoms with E-state index in [1.807, 2.05) is 0 Å². The minimum absolute atomic E-state index is 0.0587. The van der Waals surface area contributed by atoms with Gasteiger partial charge < -0.3 is 14.6 Å². The maximum Gasteiger partial charge on any atom is 0.306 e. The fourth-order valence-electron chi connectivity index (χ4n) is 11.4. The molecule has 0 aromatic rings. The van der Waals surface area contributed by atoms with Crippen LogP contribution >= 0.6 is 0 Å². The van der Waals surface area contributed by atoms with E-state index >= 15 is 0 Å². The summed E-state index contributed by atoms with van der Waals surface area (Å²) >= 11 is 0. The predicted molar refractivity (Wildman–Crippen MR) is 362 cm³/mol. The molecule has 0 fully saturated rings. The standard InChI is InChI=1S/C77H142O5/c1-3-5-7-9-11-13-15-17-19-21-23-25-27-29-31-32-33-34-35-36-37-38-39-40-41-42-43-44-46-48-50-52-54-56-58-60-62-64-66-68-70-72-77(80)82-75(73-78)74-81-76(79)71-69-67-65-63-61-59-57-55-53-51-49-47-45-30-28-26-24-22-20-18-16-14-12-10-8-6-4-2/h5,7,11,13,17,19,23,25,29,31,75,78H,3-4,6,8-10,12,14-16,18,20-22,24,26-28,30,32-74H2,1-2H3/b7-5-,13-11-,19-17-,25-23-,31-29-. The maximum atomic E-state index is 12.4. The summed E-state index contributed by atoms with van der Waals surface area (Å²) in [4.78, 5) is 24.7. The molecule has 0 heterocycles. The van der Waals surface area contributed by atoms with Crippen LogP contribution < -0.4 is 0 Å². The summed E-state index contributed by atoms with van der Waals surface area (Å²) in [5, 5.41) is 9.71. The van der Waals surface area contributed by atoms with Gasteiger partial charge in [-0.1, -0.05) is 389 Å². The molecule has 0 radical (unpaired) electrons. The Balaban J connectivity index is 3.38. The fourth-order valence-corrected chi connectivity index (χ4v) is 11.4. The van der Waals surface area contributed by atoms with Crippen LogP contribution in [0.1, 0.15) is 399 Å². The lowest BCUT2D eigenvalue weighted by molar-refractivity contribution is -0.161. The van der Waals surface area contributed by atoms with Crippen molar-refractivity contribution in [3.8, 4) is 0 Å². The Hall–Kier alpha value is -2.40. The van der Waals surface area contributed by atoms with Crippen LogP contribution in [0.3, 0.4) is 0 Å². The molecule has 0 amide bonds. The number of aliphatic hydroxyl groups excluding tert-OH is 1. The van der Waals surface area contributed by atoms with Crippen molar-refractivity contribution in [3.05, 3.63) is 60.8 Å². The van der Waals surface area contributed by atoms with Gasteiger partial charge in [0.2, 0.25) is 0 Å². The summed E-state index contributed by atoms with van der Waals surface area (Å²) in [6, 6.07) is 0. The van der Waals surface area contributed by atoms with Gasteiger partial charge in [0.1, 0.15) is 6.61 Å². The van der Waals surface area contributed by atoms with Crippen molar-refractivity contribution in [1.29, 1.82) is 0 Å². The lowest BCUT2D eigenvalue weighted by atomic mass is 10.0. The van der Waals surface area contributed by atoms with Gasteiger partial charge in [-0.05, 0) is 57.8 Å². The number of unbranched alkanes of at least 4 members (excludes halogenated alkanes) is 51. The molecule has 0 saturated heterocycles. The van der Waals surface area contributed by atoms with Gasteiger partial charge in [-0.15, -0.1) is 0 Å². The average Bonchev–Trinajstić information content (AvgIpc) is 3.49. The molecule has 5 heteroatoms. The minimum atomic E-state index is -0.770. The van der Waals surface area contributed by atoms with E-state index in [-0.39, 0.29) is 25.2 Å². The van der Waals surface area contributed by atoms with Crippen molar-refractivity contribution in [1.82, 2.24) is 0 Å². The van der Waals surface area contributed by atoms with Crippen molar-refractivity contribution in [2.24, 2.45) is 0 Å². The van der Waals surface area contributed by atoms with Crippen molar-refractivity contribution in [2.75, 3.05) is 13.2 Å². The summed E-state index contributed by atoms with van der Waals surface area (Å²) < 4.78 is 10.8. The van der Waals surface area contributed by atoms with Gasteiger partial charge in [0.15, 0.2) is 6.10 Å². The number of ether oxygens (including phenoxy) is 2. The van der Waals surface area contributed by atoms with Crippen LogP contribution in [0.15, 0.2) is 60.8 Å². The average molecular weight is 1150 g/mol. The molecule has 0 bridgehead atoms. The first-order valence-electron chi connectivity index (χ1n) is 36.8.